The fraction of sp³-hybridized carbons (Fsp3) is 0.214. The second-order valence-electron chi connectivity index (χ2n) is 4.23. The van der Waals surface area contributed by atoms with Gasteiger partial charge >= 0.3 is 0 Å². The average Bonchev–Trinajstić information content (AvgIpc) is 2.41. The Labute approximate surface area is 127 Å². The topological polar surface area (TPSA) is 37.0 Å². The van der Waals surface area contributed by atoms with Gasteiger partial charge in [0.2, 0.25) is 0 Å². The fourth-order valence-corrected chi connectivity index (χ4v) is 2.22. The number of hydrogen-bond acceptors (Lipinski definition) is 3. The lowest BCUT2D eigenvalue weighted by atomic mass is 10.3. The predicted octanol–water partition coefficient (Wildman–Crippen LogP) is 5.09. The maximum Gasteiger partial charge on any atom is 0.127 e. The van der Waals surface area contributed by atoms with Gasteiger partial charge < -0.3 is 10.6 Å². The molecule has 0 saturated carbocycles. The molecule has 0 bridgehead atoms. The highest BCUT2D eigenvalue weighted by Gasteiger charge is 2.09. The summed E-state index contributed by atoms with van der Waals surface area (Å²) >= 11 is 12.0. The molecule has 1 heterocycles. The van der Waals surface area contributed by atoms with Crippen LogP contribution < -0.4 is 10.6 Å². The number of nitrogens with one attached hydrogen (secondary N) is 2. The first-order chi connectivity index (χ1) is 9.60. The minimum atomic E-state index is -0.467. The van der Waals surface area contributed by atoms with Crippen LogP contribution in [0.1, 0.15) is 13.3 Å². The molecule has 2 aromatic rings. The number of nitrogens with zero attached hydrogens (tertiary/aromatic N) is 1. The zero-order chi connectivity index (χ0) is 14.5. The summed E-state index contributed by atoms with van der Waals surface area (Å²) in [5, 5.41) is 6.72. The van der Waals surface area contributed by atoms with Crippen LogP contribution in [-0.4, -0.2) is 11.5 Å². The van der Waals surface area contributed by atoms with Gasteiger partial charge in [-0.1, -0.05) is 30.1 Å². The van der Waals surface area contributed by atoms with Crippen LogP contribution in [0.15, 0.2) is 30.5 Å². The maximum absolute atomic E-state index is 13.1. The Balaban J connectivity index is 2.22. The van der Waals surface area contributed by atoms with Gasteiger partial charge in [0.15, 0.2) is 0 Å². The highest BCUT2D eigenvalue weighted by molar-refractivity contribution is 6.39. The van der Waals surface area contributed by atoms with Gasteiger partial charge in [0.1, 0.15) is 11.6 Å². The summed E-state index contributed by atoms with van der Waals surface area (Å²) in [6.07, 6.45) is 2.68. The summed E-state index contributed by atoms with van der Waals surface area (Å²) in [4.78, 5) is 4.20. The van der Waals surface area contributed by atoms with Gasteiger partial charge in [-0.3, -0.25) is 0 Å². The Kier molecular flexibility index (Phi) is 5.04. The van der Waals surface area contributed by atoms with Crippen molar-refractivity contribution in [1.82, 2.24) is 4.98 Å². The first-order valence-electron chi connectivity index (χ1n) is 6.21. The Hall–Kier alpha value is -1.52. The molecule has 0 saturated heterocycles. The molecule has 0 unspecified atom stereocenters. The lowest BCUT2D eigenvalue weighted by molar-refractivity contribution is 0.628. The van der Waals surface area contributed by atoms with E-state index in [1.807, 2.05) is 6.07 Å². The summed E-state index contributed by atoms with van der Waals surface area (Å²) in [5.74, 6) is 0.289. The summed E-state index contributed by atoms with van der Waals surface area (Å²) in [7, 11) is 0. The van der Waals surface area contributed by atoms with E-state index < -0.39 is 5.82 Å². The number of hydrogen-bond donors (Lipinski definition) is 2. The highest BCUT2D eigenvalue weighted by Crippen LogP contribution is 2.33. The minimum Gasteiger partial charge on any atom is -0.370 e. The van der Waals surface area contributed by atoms with E-state index in [1.54, 1.807) is 12.3 Å². The van der Waals surface area contributed by atoms with Gasteiger partial charge in [-0.25, -0.2) is 9.37 Å². The summed E-state index contributed by atoms with van der Waals surface area (Å²) in [5.41, 5.74) is 1.25. The quantitative estimate of drug-likeness (QED) is 0.807. The van der Waals surface area contributed by atoms with Gasteiger partial charge in [-0.15, -0.1) is 0 Å². The molecule has 6 heteroatoms. The second-order valence-corrected chi connectivity index (χ2v) is 5.04. The number of halogens is 3. The molecule has 3 nitrogen and oxygen atoms in total. The molecular weight excluding hydrogens is 300 g/mol. The van der Waals surface area contributed by atoms with Gasteiger partial charge in [-0.2, -0.15) is 0 Å². The van der Waals surface area contributed by atoms with E-state index >= 15 is 0 Å². The van der Waals surface area contributed by atoms with Crippen LogP contribution in [0.25, 0.3) is 0 Å². The molecule has 0 aliphatic carbocycles. The van der Waals surface area contributed by atoms with Crippen LogP contribution in [0.5, 0.6) is 0 Å². The Morgan fingerprint density at radius 1 is 1.20 bits per heavy atom. The minimum absolute atomic E-state index is 0.231. The molecule has 1 aromatic heterocycles. The van der Waals surface area contributed by atoms with Gasteiger partial charge in [0.25, 0.3) is 0 Å². The van der Waals surface area contributed by atoms with E-state index in [-0.39, 0.29) is 10.0 Å². The Bertz CT molecular complexity index is 582. The molecule has 20 heavy (non-hydrogen) atoms. The first-order valence-corrected chi connectivity index (χ1v) is 6.97. The number of aromatic nitrogens is 1. The molecule has 0 radical (unpaired) electrons. The van der Waals surface area contributed by atoms with Crippen molar-refractivity contribution in [2.45, 2.75) is 13.3 Å². The van der Waals surface area contributed by atoms with Crippen LogP contribution in [0.4, 0.5) is 21.6 Å². The third-order valence-corrected chi connectivity index (χ3v) is 3.19. The summed E-state index contributed by atoms with van der Waals surface area (Å²) in [6, 6.07) is 6.05. The predicted molar refractivity (Wildman–Crippen MR) is 82.7 cm³/mol. The molecule has 2 rings (SSSR count). The molecule has 0 atom stereocenters. The van der Waals surface area contributed by atoms with Crippen molar-refractivity contribution in [1.29, 1.82) is 0 Å². The van der Waals surface area contributed by atoms with Crippen molar-refractivity contribution in [3.8, 4) is 0 Å². The van der Waals surface area contributed by atoms with E-state index in [9.17, 15) is 4.39 Å². The third-order valence-electron chi connectivity index (χ3n) is 2.59. The summed E-state index contributed by atoms with van der Waals surface area (Å²) < 4.78 is 13.1. The molecular formula is C14H14Cl2FN3. The molecule has 1 aromatic carbocycles. The van der Waals surface area contributed by atoms with Crippen LogP contribution in [-0.2, 0) is 0 Å². The molecule has 0 fully saturated rings. The number of rotatable bonds is 5. The zero-order valence-electron chi connectivity index (χ0n) is 10.9. The largest absolute Gasteiger partial charge is 0.370 e. The number of benzene rings is 1. The van der Waals surface area contributed by atoms with E-state index in [0.717, 1.165) is 24.5 Å². The smallest absolute Gasteiger partial charge is 0.127 e. The summed E-state index contributed by atoms with van der Waals surface area (Å²) in [6.45, 7) is 2.92. The van der Waals surface area contributed by atoms with Gasteiger partial charge in [0, 0.05) is 24.5 Å². The standard InChI is InChI=1S/C14H14Cl2FN3/c1-2-4-18-13-8-10(3-5-19-13)20-14-11(15)6-9(17)7-12(14)16/h3,5-8H,2,4H2,1H3,(H2,18,19,20). The zero-order valence-corrected chi connectivity index (χ0v) is 12.4. The van der Waals surface area contributed by atoms with E-state index in [0.29, 0.717) is 5.69 Å². The van der Waals surface area contributed by atoms with Crippen LogP contribution in [0.3, 0.4) is 0 Å². The lowest BCUT2D eigenvalue weighted by Gasteiger charge is -2.12. The van der Waals surface area contributed by atoms with Gasteiger partial charge in [0.05, 0.1) is 15.7 Å². The molecule has 0 aliphatic rings. The molecule has 106 valence electrons. The molecule has 0 amide bonds. The van der Waals surface area contributed by atoms with Crippen molar-refractivity contribution in [3.05, 3.63) is 46.3 Å². The number of anilines is 3. The van der Waals surface area contributed by atoms with Crippen LogP contribution in [0.2, 0.25) is 10.0 Å². The van der Waals surface area contributed by atoms with Crippen molar-refractivity contribution in [2.75, 3.05) is 17.2 Å². The van der Waals surface area contributed by atoms with E-state index in [2.05, 4.69) is 22.5 Å². The Morgan fingerprint density at radius 3 is 2.55 bits per heavy atom. The second kappa shape index (κ2) is 6.77. The normalized spacial score (nSPS) is 10.4. The highest BCUT2D eigenvalue weighted by atomic mass is 35.5. The molecule has 0 spiro atoms. The van der Waals surface area contributed by atoms with Crippen LogP contribution in [0, 0.1) is 5.82 Å². The van der Waals surface area contributed by atoms with E-state index in [1.165, 1.54) is 12.1 Å². The van der Waals surface area contributed by atoms with Crippen molar-refractivity contribution in [2.24, 2.45) is 0 Å². The maximum atomic E-state index is 13.1. The van der Waals surface area contributed by atoms with E-state index in [4.69, 9.17) is 23.2 Å². The lowest BCUT2D eigenvalue weighted by Crippen LogP contribution is -2.02. The average molecular weight is 314 g/mol. The molecule has 2 N–H and O–H groups in total. The van der Waals surface area contributed by atoms with Gasteiger partial charge in [-0.05, 0) is 24.6 Å². The molecule has 0 aliphatic heterocycles. The SMILES string of the molecule is CCCNc1cc(Nc2c(Cl)cc(F)cc2Cl)ccn1. The third kappa shape index (κ3) is 3.74. The van der Waals surface area contributed by atoms with Crippen molar-refractivity contribution < 1.29 is 4.39 Å². The first kappa shape index (κ1) is 14.9. The fourth-order valence-electron chi connectivity index (χ4n) is 1.66. The van der Waals surface area contributed by atoms with Crippen LogP contribution >= 0.6 is 23.2 Å². The van der Waals surface area contributed by atoms with Crippen molar-refractivity contribution in [3.63, 3.8) is 0 Å². The monoisotopic (exact) mass is 313 g/mol. The van der Waals surface area contributed by atoms with Crippen molar-refractivity contribution >= 4 is 40.4 Å². The number of pyridine rings is 1. The Morgan fingerprint density at radius 2 is 1.90 bits per heavy atom.